The third-order valence-corrected chi connectivity index (χ3v) is 4.33. The number of hydrogen-bond acceptors (Lipinski definition) is 0. The van der Waals surface area contributed by atoms with Crippen LogP contribution in [-0.4, -0.2) is 0 Å². The summed E-state index contributed by atoms with van der Waals surface area (Å²) in [5, 5.41) is 0. The van der Waals surface area contributed by atoms with Gasteiger partial charge in [0.2, 0.25) is 0 Å². The van der Waals surface area contributed by atoms with Crippen molar-refractivity contribution >= 4 is 5.57 Å². The lowest BCUT2D eigenvalue weighted by molar-refractivity contribution is 0.984. The van der Waals surface area contributed by atoms with Crippen molar-refractivity contribution in [3.63, 3.8) is 0 Å². The lowest BCUT2D eigenvalue weighted by Crippen LogP contribution is -1.90. The summed E-state index contributed by atoms with van der Waals surface area (Å²) < 4.78 is 0. The zero-order valence-corrected chi connectivity index (χ0v) is 11.7. The standard InChI is InChI=1S/C20H18/c1-14-9-18(15-5-3-2-4-6-15)13-19(10-14)16-7-8-17-12-20(17)11-16/h2-11,13,17,20H,12H2,1H3. The Labute approximate surface area is 120 Å². The smallest absolute Gasteiger partial charge is 0.0155 e. The van der Waals surface area contributed by atoms with E-state index in [4.69, 9.17) is 0 Å². The Balaban J connectivity index is 1.78. The van der Waals surface area contributed by atoms with E-state index < -0.39 is 0 Å². The summed E-state index contributed by atoms with van der Waals surface area (Å²) in [5.41, 5.74) is 6.68. The first-order chi connectivity index (χ1) is 9.79. The van der Waals surface area contributed by atoms with Crippen LogP contribution in [0.15, 0.2) is 66.8 Å². The number of rotatable bonds is 2. The van der Waals surface area contributed by atoms with Crippen LogP contribution in [0.1, 0.15) is 17.5 Å². The van der Waals surface area contributed by atoms with Gasteiger partial charge < -0.3 is 0 Å². The SMILES string of the molecule is Cc1cc(C2=CC3CC3C=C2)cc(-c2ccccc2)c1. The van der Waals surface area contributed by atoms with Crippen molar-refractivity contribution in [2.24, 2.45) is 11.8 Å². The number of fused-ring (bicyclic) bond motifs is 1. The van der Waals surface area contributed by atoms with E-state index in [2.05, 4.69) is 73.7 Å². The molecule has 1 saturated carbocycles. The second-order valence-electron chi connectivity index (χ2n) is 6.00. The largest absolute Gasteiger partial charge is 0.0802 e. The first-order valence-corrected chi connectivity index (χ1v) is 7.37. The Morgan fingerprint density at radius 3 is 2.45 bits per heavy atom. The van der Waals surface area contributed by atoms with E-state index in [0.29, 0.717) is 0 Å². The van der Waals surface area contributed by atoms with Crippen molar-refractivity contribution in [3.05, 3.63) is 77.9 Å². The second kappa shape index (κ2) is 4.49. The van der Waals surface area contributed by atoms with Crippen LogP contribution in [0.3, 0.4) is 0 Å². The van der Waals surface area contributed by atoms with Crippen LogP contribution in [0.4, 0.5) is 0 Å². The molecule has 2 aliphatic rings. The van der Waals surface area contributed by atoms with Gasteiger partial charge in [-0.2, -0.15) is 0 Å². The molecule has 0 amide bonds. The van der Waals surface area contributed by atoms with Crippen LogP contribution in [0, 0.1) is 18.8 Å². The summed E-state index contributed by atoms with van der Waals surface area (Å²) in [5.74, 6) is 1.63. The van der Waals surface area contributed by atoms with Crippen LogP contribution < -0.4 is 0 Å². The van der Waals surface area contributed by atoms with Crippen molar-refractivity contribution in [2.45, 2.75) is 13.3 Å². The summed E-state index contributed by atoms with van der Waals surface area (Å²) in [4.78, 5) is 0. The van der Waals surface area contributed by atoms with E-state index in [1.54, 1.807) is 0 Å². The number of aryl methyl sites for hydroxylation is 1. The maximum absolute atomic E-state index is 2.45. The molecule has 0 aromatic heterocycles. The molecule has 0 heterocycles. The van der Waals surface area contributed by atoms with Crippen molar-refractivity contribution < 1.29 is 0 Å². The quantitative estimate of drug-likeness (QED) is 0.690. The molecule has 2 aromatic carbocycles. The van der Waals surface area contributed by atoms with Gasteiger partial charge in [0.1, 0.15) is 0 Å². The van der Waals surface area contributed by atoms with Crippen molar-refractivity contribution in [1.82, 2.24) is 0 Å². The Morgan fingerprint density at radius 2 is 1.65 bits per heavy atom. The molecule has 0 spiro atoms. The molecule has 0 aliphatic heterocycles. The predicted octanol–water partition coefficient (Wildman–Crippen LogP) is 5.25. The van der Waals surface area contributed by atoms with Gasteiger partial charge in [0.15, 0.2) is 0 Å². The zero-order chi connectivity index (χ0) is 13.5. The average molecular weight is 258 g/mol. The van der Waals surface area contributed by atoms with E-state index in [1.807, 2.05) is 0 Å². The summed E-state index contributed by atoms with van der Waals surface area (Å²) in [6.07, 6.45) is 8.48. The third-order valence-electron chi connectivity index (χ3n) is 4.33. The first-order valence-electron chi connectivity index (χ1n) is 7.37. The number of allylic oxidation sites excluding steroid dienone is 4. The van der Waals surface area contributed by atoms with Crippen LogP contribution in [0.25, 0.3) is 16.7 Å². The van der Waals surface area contributed by atoms with Gasteiger partial charge in [-0.25, -0.2) is 0 Å². The highest BCUT2D eigenvalue weighted by atomic mass is 14.4. The minimum absolute atomic E-state index is 0.802. The summed E-state index contributed by atoms with van der Waals surface area (Å²) in [7, 11) is 0. The molecule has 0 radical (unpaired) electrons. The van der Waals surface area contributed by atoms with Gasteiger partial charge in [-0.15, -0.1) is 0 Å². The van der Waals surface area contributed by atoms with Crippen LogP contribution in [0.2, 0.25) is 0 Å². The maximum Gasteiger partial charge on any atom is -0.0155 e. The molecule has 4 rings (SSSR count). The first kappa shape index (κ1) is 11.7. The third kappa shape index (κ3) is 2.12. The van der Waals surface area contributed by atoms with Gasteiger partial charge in [-0.05, 0) is 59.1 Å². The number of hydrogen-bond donors (Lipinski definition) is 0. The van der Waals surface area contributed by atoms with Crippen LogP contribution in [-0.2, 0) is 0 Å². The fraction of sp³-hybridized carbons (Fsp3) is 0.200. The molecule has 2 atom stereocenters. The maximum atomic E-state index is 2.45. The Morgan fingerprint density at radius 1 is 0.850 bits per heavy atom. The molecule has 20 heavy (non-hydrogen) atoms. The molecule has 2 aliphatic carbocycles. The molecular formula is C20H18. The molecule has 2 aromatic rings. The van der Waals surface area contributed by atoms with Gasteiger partial charge >= 0.3 is 0 Å². The second-order valence-corrected chi connectivity index (χ2v) is 6.00. The zero-order valence-electron chi connectivity index (χ0n) is 11.7. The minimum Gasteiger partial charge on any atom is -0.0802 e. The lowest BCUT2D eigenvalue weighted by atomic mass is 9.94. The molecule has 0 heteroatoms. The van der Waals surface area contributed by atoms with Gasteiger partial charge in [-0.3, -0.25) is 0 Å². The van der Waals surface area contributed by atoms with E-state index in [9.17, 15) is 0 Å². The highest BCUT2D eigenvalue weighted by Gasteiger charge is 2.35. The molecule has 98 valence electrons. The van der Waals surface area contributed by atoms with Crippen molar-refractivity contribution in [2.75, 3.05) is 0 Å². The molecule has 1 fully saturated rings. The topological polar surface area (TPSA) is 0 Å². The molecule has 2 unspecified atom stereocenters. The molecular weight excluding hydrogens is 240 g/mol. The Bertz CT molecular complexity index is 704. The predicted molar refractivity (Wildman–Crippen MR) is 85.3 cm³/mol. The fourth-order valence-corrected chi connectivity index (χ4v) is 3.10. The van der Waals surface area contributed by atoms with E-state index >= 15 is 0 Å². The monoisotopic (exact) mass is 258 g/mol. The highest BCUT2D eigenvalue weighted by molar-refractivity contribution is 5.80. The van der Waals surface area contributed by atoms with E-state index in [0.717, 1.165) is 11.8 Å². The van der Waals surface area contributed by atoms with Crippen molar-refractivity contribution in [1.29, 1.82) is 0 Å². The Hall–Kier alpha value is -2.08. The van der Waals surface area contributed by atoms with Crippen LogP contribution >= 0.6 is 0 Å². The van der Waals surface area contributed by atoms with Crippen molar-refractivity contribution in [3.8, 4) is 11.1 Å². The normalized spacial score (nSPS) is 23.1. The van der Waals surface area contributed by atoms with Gasteiger partial charge in [-0.1, -0.05) is 60.7 Å². The fourth-order valence-electron chi connectivity index (χ4n) is 3.10. The van der Waals surface area contributed by atoms with Gasteiger partial charge in [0, 0.05) is 0 Å². The molecule has 0 bridgehead atoms. The highest BCUT2D eigenvalue weighted by Crippen LogP contribution is 2.46. The van der Waals surface area contributed by atoms with E-state index in [1.165, 1.54) is 34.2 Å². The Kier molecular flexibility index (Phi) is 2.63. The molecule has 0 saturated heterocycles. The lowest BCUT2D eigenvalue weighted by Gasteiger charge is -2.11. The summed E-state index contributed by atoms with van der Waals surface area (Å²) in [6.45, 7) is 2.18. The van der Waals surface area contributed by atoms with Crippen LogP contribution in [0.5, 0.6) is 0 Å². The van der Waals surface area contributed by atoms with E-state index in [-0.39, 0.29) is 0 Å². The summed E-state index contributed by atoms with van der Waals surface area (Å²) in [6, 6.07) is 17.5. The van der Waals surface area contributed by atoms with Gasteiger partial charge in [0.25, 0.3) is 0 Å². The molecule has 0 N–H and O–H groups in total. The average Bonchev–Trinajstić information content (AvgIpc) is 3.26. The minimum atomic E-state index is 0.802. The molecule has 0 nitrogen and oxygen atoms in total. The summed E-state index contributed by atoms with van der Waals surface area (Å²) >= 11 is 0. The number of benzene rings is 2. The van der Waals surface area contributed by atoms with Gasteiger partial charge in [0.05, 0.1) is 0 Å².